The average Bonchev–Trinajstić information content (AvgIpc) is 2.51. The molecule has 1 amide bonds. The monoisotopic (exact) mass is 175 g/mol. The summed E-state index contributed by atoms with van der Waals surface area (Å²) in [6.07, 6.45) is 0. The Morgan fingerprint density at radius 2 is 2.31 bits per heavy atom. The van der Waals surface area contributed by atoms with Gasteiger partial charge in [-0.1, -0.05) is 17.4 Å². The molecule has 0 atom stereocenters. The lowest BCUT2D eigenvalue weighted by molar-refractivity contribution is -0.116. The van der Waals surface area contributed by atoms with Crippen LogP contribution in [0.15, 0.2) is 34.6 Å². The second kappa shape index (κ2) is 2.97. The molecule has 0 saturated heterocycles. The summed E-state index contributed by atoms with van der Waals surface area (Å²) in [6, 6.07) is 7.62. The van der Waals surface area contributed by atoms with E-state index in [0.29, 0.717) is 0 Å². The molecule has 1 heterocycles. The van der Waals surface area contributed by atoms with E-state index in [-0.39, 0.29) is 12.5 Å². The summed E-state index contributed by atoms with van der Waals surface area (Å²) in [5.74, 6) is -0.0781. The van der Waals surface area contributed by atoms with Gasteiger partial charge in [0, 0.05) is 0 Å². The van der Waals surface area contributed by atoms with Gasteiger partial charge in [0.05, 0.1) is 5.69 Å². The highest BCUT2D eigenvalue weighted by molar-refractivity contribution is 5.95. The van der Waals surface area contributed by atoms with Crippen LogP contribution in [0.3, 0.4) is 0 Å². The van der Waals surface area contributed by atoms with Crippen LogP contribution in [0.1, 0.15) is 5.56 Å². The number of anilines is 1. The summed E-state index contributed by atoms with van der Waals surface area (Å²) < 4.78 is 0. The normalized spacial score (nSPS) is 15.5. The maximum atomic E-state index is 11.2. The molecule has 0 fully saturated rings. The molecule has 1 aromatic carbocycles. The van der Waals surface area contributed by atoms with Gasteiger partial charge in [-0.25, -0.2) is 0 Å². The molecule has 0 unspecified atom stereocenters. The SMILES string of the molecule is Cc1cccc(N2N=NCC2=O)c1. The molecule has 0 radical (unpaired) electrons. The van der Waals surface area contributed by atoms with Crippen molar-refractivity contribution in [3.8, 4) is 0 Å². The van der Waals surface area contributed by atoms with Crippen molar-refractivity contribution in [3.63, 3.8) is 0 Å². The van der Waals surface area contributed by atoms with Crippen LogP contribution in [0.2, 0.25) is 0 Å². The van der Waals surface area contributed by atoms with Gasteiger partial charge in [-0.05, 0) is 24.6 Å². The van der Waals surface area contributed by atoms with Gasteiger partial charge in [0.25, 0.3) is 5.91 Å². The van der Waals surface area contributed by atoms with Crippen molar-refractivity contribution in [2.24, 2.45) is 10.3 Å². The van der Waals surface area contributed by atoms with E-state index in [1.54, 1.807) is 0 Å². The van der Waals surface area contributed by atoms with Crippen molar-refractivity contribution in [3.05, 3.63) is 29.8 Å². The minimum atomic E-state index is -0.0781. The smallest absolute Gasteiger partial charge is 0.270 e. The number of carbonyl (C=O) groups excluding carboxylic acids is 1. The van der Waals surface area contributed by atoms with Gasteiger partial charge in [0.1, 0.15) is 6.54 Å². The summed E-state index contributed by atoms with van der Waals surface area (Å²) in [5.41, 5.74) is 1.89. The van der Waals surface area contributed by atoms with Crippen LogP contribution < -0.4 is 5.01 Å². The second-order valence-electron chi connectivity index (χ2n) is 2.93. The third kappa shape index (κ3) is 1.42. The molecule has 13 heavy (non-hydrogen) atoms. The molecule has 0 spiro atoms. The zero-order chi connectivity index (χ0) is 9.26. The Balaban J connectivity index is 2.35. The minimum absolute atomic E-state index is 0.0781. The van der Waals surface area contributed by atoms with Crippen LogP contribution in [0.5, 0.6) is 0 Å². The van der Waals surface area contributed by atoms with Crippen molar-refractivity contribution >= 4 is 11.6 Å². The van der Waals surface area contributed by atoms with Crippen LogP contribution in [-0.4, -0.2) is 12.5 Å². The van der Waals surface area contributed by atoms with Gasteiger partial charge >= 0.3 is 0 Å². The first-order valence-electron chi connectivity index (χ1n) is 4.04. The van der Waals surface area contributed by atoms with E-state index in [9.17, 15) is 4.79 Å². The maximum Gasteiger partial charge on any atom is 0.272 e. The van der Waals surface area contributed by atoms with E-state index < -0.39 is 0 Å². The predicted octanol–water partition coefficient (Wildman–Crippen LogP) is 1.71. The lowest BCUT2D eigenvalue weighted by Crippen LogP contribution is -2.21. The molecule has 2 rings (SSSR count). The number of carbonyl (C=O) groups is 1. The van der Waals surface area contributed by atoms with Crippen molar-refractivity contribution in [2.45, 2.75) is 6.92 Å². The number of aryl methyl sites for hydroxylation is 1. The Labute approximate surface area is 75.9 Å². The number of benzene rings is 1. The molecule has 1 aliphatic rings. The Kier molecular flexibility index (Phi) is 1.81. The third-order valence-electron chi connectivity index (χ3n) is 1.84. The number of amides is 1. The van der Waals surface area contributed by atoms with Crippen molar-refractivity contribution in [1.29, 1.82) is 0 Å². The fraction of sp³-hybridized carbons (Fsp3) is 0.222. The summed E-state index contributed by atoms with van der Waals surface area (Å²) in [6.45, 7) is 2.13. The van der Waals surface area contributed by atoms with Crippen molar-refractivity contribution < 1.29 is 4.79 Å². The second-order valence-corrected chi connectivity index (χ2v) is 2.93. The fourth-order valence-electron chi connectivity index (χ4n) is 1.23. The molecule has 4 nitrogen and oxygen atoms in total. The molecule has 0 aromatic heterocycles. The lowest BCUT2D eigenvalue weighted by atomic mass is 10.2. The van der Waals surface area contributed by atoms with Gasteiger partial charge in [-0.3, -0.25) is 4.79 Å². The molecular weight excluding hydrogens is 166 g/mol. The molecule has 1 aromatic rings. The summed E-state index contributed by atoms with van der Waals surface area (Å²) >= 11 is 0. The topological polar surface area (TPSA) is 45.0 Å². The summed E-state index contributed by atoms with van der Waals surface area (Å²) in [7, 11) is 0. The first-order chi connectivity index (χ1) is 6.27. The van der Waals surface area contributed by atoms with E-state index in [0.717, 1.165) is 11.3 Å². The molecular formula is C9H9N3O. The van der Waals surface area contributed by atoms with Crippen LogP contribution >= 0.6 is 0 Å². The lowest BCUT2D eigenvalue weighted by Gasteiger charge is -2.09. The van der Waals surface area contributed by atoms with Gasteiger partial charge in [0.15, 0.2) is 0 Å². The van der Waals surface area contributed by atoms with Crippen LogP contribution in [0.25, 0.3) is 0 Å². The Bertz CT molecular complexity index is 373. The molecule has 1 aliphatic heterocycles. The Hall–Kier alpha value is -1.71. The first kappa shape index (κ1) is 7.91. The standard InChI is InChI=1S/C9H9N3O/c1-7-3-2-4-8(5-7)12-9(13)6-10-11-12/h2-5H,6H2,1H3. The Morgan fingerprint density at radius 3 is 2.92 bits per heavy atom. The van der Waals surface area contributed by atoms with E-state index in [1.807, 2.05) is 31.2 Å². The zero-order valence-corrected chi connectivity index (χ0v) is 7.27. The molecule has 66 valence electrons. The van der Waals surface area contributed by atoms with Crippen molar-refractivity contribution in [2.75, 3.05) is 11.6 Å². The largest absolute Gasteiger partial charge is 0.272 e. The van der Waals surface area contributed by atoms with Crippen LogP contribution in [0.4, 0.5) is 5.69 Å². The quantitative estimate of drug-likeness (QED) is 0.640. The van der Waals surface area contributed by atoms with Crippen LogP contribution in [0, 0.1) is 6.92 Å². The number of nitrogens with zero attached hydrogens (tertiary/aromatic N) is 3. The third-order valence-corrected chi connectivity index (χ3v) is 1.84. The van der Waals surface area contributed by atoms with Crippen molar-refractivity contribution in [1.82, 2.24) is 0 Å². The highest BCUT2D eigenvalue weighted by Gasteiger charge is 2.19. The highest BCUT2D eigenvalue weighted by atomic mass is 16.2. The summed E-state index contributed by atoms with van der Waals surface area (Å²) in [5, 5.41) is 8.72. The number of rotatable bonds is 1. The van der Waals surface area contributed by atoms with Gasteiger partial charge in [0.2, 0.25) is 0 Å². The first-order valence-corrected chi connectivity index (χ1v) is 4.04. The van der Waals surface area contributed by atoms with Gasteiger partial charge in [-0.15, -0.1) is 0 Å². The Morgan fingerprint density at radius 1 is 1.46 bits per heavy atom. The number of hydrogen-bond acceptors (Lipinski definition) is 3. The average molecular weight is 175 g/mol. The van der Waals surface area contributed by atoms with E-state index in [2.05, 4.69) is 10.3 Å². The predicted molar refractivity (Wildman–Crippen MR) is 48.4 cm³/mol. The maximum absolute atomic E-state index is 11.2. The highest BCUT2D eigenvalue weighted by Crippen LogP contribution is 2.19. The number of hydrogen-bond donors (Lipinski definition) is 0. The fourth-order valence-corrected chi connectivity index (χ4v) is 1.23. The zero-order valence-electron chi connectivity index (χ0n) is 7.27. The van der Waals surface area contributed by atoms with Crippen LogP contribution in [-0.2, 0) is 4.79 Å². The van der Waals surface area contributed by atoms with E-state index >= 15 is 0 Å². The van der Waals surface area contributed by atoms with Gasteiger partial charge in [-0.2, -0.15) is 10.1 Å². The van der Waals surface area contributed by atoms with E-state index in [4.69, 9.17) is 0 Å². The molecule has 0 bridgehead atoms. The molecule has 0 saturated carbocycles. The molecule has 0 N–H and O–H groups in total. The molecule has 4 heteroatoms. The van der Waals surface area contributed by atoms with E-state index in [1.165, 1.54) is 5.01 Å². The minimum Gasteiger partial charge on any atom is -0.270 e. The molecule has 0 aliphatic carbocycles. The van der Waals surface area contributed by atoms with Gasteiger partial charge < -0.3 is 0 Å². The summed E-state index contributed by atoms with van der Waals surface area (Å²) in [4.78, 5) is 11.2.